The molecule has 0 radical (unpaired) electrons. The maximum Gasteiger partial charge on any atom is 0.165 e. The minimum Gasteiger partial charge on any atom is -0.324 e. The second-order valence-corrected chi connectivity index (χ2v) is 5.53. The standard InChI is InChI=1S/C13H14ClF2N/c14-8-4-5-9(15)12(16)11(8)13(17)10-6-2-1-3-7(6)10/h4-7,10,13H,1-3,17H2. The number of hydrogen-bond donors (Lipinski definition) is 1. The summed E-state index contributed by atoms with van der Waals surface area (Å²) in [5, 5.41) is 0.237. The van der Waals surface area contributed by atoms with E-state index in [2.05, 4.69) is 0 Å². The van der Waals surface area contributed by atoms with E-state index in [0.717, 1.165) is 18.9 Å². The van der Waals surface area contributed by atoms with Crippen LogP contribution in [0, 0.1) is 29.4 Å². The van der Waals surface area contributed by atoms with Crippen LogP contribution in [0.4, 0.5) is 8.78 Å². The molecular weight excluding hydrogens is 244 g/mol. The molecule has 4 heteroatoms. The van der Waals surface area contributed by atoms with E-state index in [-0.39, 0.29) is 16.5 Å². The molecular formula is C13H14ClF2N. The molecule has 0 heterocycles. The lowest BCUT2D eigenvalue weighted by atomic mass is 9.97. The van der Waals surface area contributed by atoms with Crippen LogP contribution in [0.5, 0.6) is 0 Å². The van der Waals surface area contributed by atoms with Crippen molar-refractivity contribution >= 4 is 11.6 Å². The molecule has 2 fully saturated rings. The van der Waals surface area contributed by atoms with Crippen LogP contribution in [0.25, 0.3) is 0 Å². The number of fused-ring (bicyclic) bond motifs is 1. The van der Waals surface area contributed by atoms with Crippen LogP contribution in [-0.2, 0) is 0 Å². The molecule has 0 aromatic heterocycles. The summed E-state index contributed by atoms with van der Waals surface area (Å²) in [4.78, 5) is 0. The SMILES string of the molecule is NC(c1c(Cl)ccc(F)c1F)C1C2CCCC21. The fraction of sp³-hybridized carbons (Fsp3) is 0.538. The van der Waals surface area contributed by atoms with Crippen LogP contribution < -0.4 is 5.73 Å². The largest absolute Gasteiger partial charge is 0.324 e. The van der Waals surface area contributed by atoms with Gasteiger partial charge >= 0.3 is 0 Å². The van der Waals surface area contributed by atoms with Crippen LogP contribution in [0.3, 0.4) is 0 Å². The number of rotatable bonds is 2. The van der Waals surface area contributed by atoms with Gasteiger partial charge in [0.1, 0.15) is 0 Å². The zero-order chi connectivity index (χ0) is 12.2. The van der Waals surface area contributed by atoms with Crippen LogP contribution in [0.15, 0.2) is 12.1 Å². The van der Waals surface area contributed by atoms with Crippen molar-refractivity contribution in [2.75, 3.05) is 0 Å². The van der Waals surface area contributed by atoms with Gasteiger partial charge in [-0.15, -0.1) is 0 Å². The number of nitrogens with two attached hydrogens (primary N) is 1. The molecule has 0 bridgehead atoms. The lowest BCUT2D eigenvalue weighted by Gasteiger charge is -2.16. The zero-order valence-electron chi connectivity index (χ0n) is 9.30. The van der Waals surface area contributed by atoms with E-state index in [4.69, 9.17) is 17.3 Å². The first-order valence-electron chi connectivity index (χ1n) is 6.00. The predicted molar refractivity (Wildman–Crippen MR) is 62.6 cm³/mol. The Hall–Kier alpha value is -0.670. The van der Waals surface area contributed by atoms with Crippen molar-refractivity contribution in [2.45, 2.75) is 25.3 Å². The lowest BCUT2D eigenvalue weighted by Crippen LogP contribution is -2.18. The van der Waals surface area contributed by atoms with Crippen molar-refractivity contribution in [3.05, 3.63) is 34.4 Å². The molecule has 2 aliphatic rings. The highest BCUT2D eigenvalue weighted by molar-refractivity contribution is 6.31. The van der Waals surface area contributed by atoms with Crippen LogP contribution in [0.1, 0.15) is 30.9 Å². The van der Waals surface area contributed by atoms with Gasteiger partial charge in [0.25, 0.3) is 0 Å². The Morgan fingerprint density at radius 2 is 1.88 bits per heavy atom. The third kappa shape index (κ3) is 1.67. The lowest BCUT2D eigenvalue weighted by molar-refractivity contribution is 0.453. The van der Waals surface area contributed by atoms with Crippen molar-refractivity contribution < 1.29 is 8.78 Å². The molecule has 0 spiro atoms. The quantitative estimate of drug-likeness (QED) is 0.804. The van der Waals surface area contributed by atoms with Gasteiger partial charge < -0.3 is 5.73 Å². The molecule has 3 unspecified atom stereocenters. The minimum atomic E-state index is -0.880. The molecule has 2 aliphatic carbocycles. The topological polar surface area (TPSA) is 26.0 Å². The van der Waals surface area contributed by atoms with Crippen molar-refractivity contribution in [3.8, 4) is 0 Å². The van der Waals surface area contributed by atoms with E-state index >= 15 is 0 Å². The average molecular weight is 258 g/mol. The molecule has 1 aromatic rings. The summed E-state index contributed by atoms with van der Waals surface area (Å²) in [6, 6.07) is 1.96. The van der Waals surface area contributed by atoms with E-state index in [1.165, 1.54) is 12.5 Å². The van der Waals surface area contributed by atoms with Gasteiger partial charge in [-0.3, -0.25) is 0 Å². The molecule has 0 aliphatic heterocycles. The summed E-state index contributed by atoms with van der Waals surface area (Å²) >= 11 is 5.94. The van der Waals surface area contributed by atoms with Gasteiger partial charge in [0.05, 0.1) is 0 Å². The minimum absolute atomic E-state index is 0.158. The maximum atomic E-state index is 13.7. The summed E-state index contributed by atoms with van der Waals surface area (Å²) in [5.74, 6) is -0.259. The Morgan fingerprint density at radius 1 is 1.24 bits per heavy atom. The molecule has 0 saturated heterocycles. The number of benzene rings is 1. The molecule has 2 N–H and O–H groups in total. The summed E-state index contributed by atoms with van der Waals surface area (Å²) in [5.41, 5.74) is 6.23. The first-order chi connectivity index (χ1) is 8.11. The van der Waals surface area contributed by atoms with E-state index in [1.807, 2.05) is 0 Å². The van der Waals surface area contributed by atoms with E-state index < -0.39 is 17.7 Å². The van der Waals surface area contributed by atoms with Crippen LogP contribution in [0.2, 0.25) is 5.02 Å². The van der Waals surface area contributed by atoms with E-state index in [9.17, 15) is 8.78 Å². The first kappa shape index (κ1) is 11.4. The van der Waals surface area contributed by atoms with Gasteiger partial charge in [0, 0.05) is 16.6 Å². The third-order valence-corrected chi connectivity index (χ3v) is 4.63. The fourth-order valence-electron chi connectivity index (χ4n) is 3.45. The molecule has 0 amide bonds. The van der Waals surface area contributed by atoms with Crippen molar-refractivity contribution in [2.24, 2.45) is 23.5 Å². The zero-order valence-corrected chi connectivity index (χ0v) is 10.1. The van der Waals surface area contributed by atoms with Crippen molar-refractivity contribution in [3.63, 3.8) is 0 Å². The Kier molecular flexibility index (Phi) is 2.64. The second kappa shape index (κ2) is 3.92. The highest BCUT2D eigenvalue weighted by Crippen LogP contribution is 2.62. The smallest absolute Gasteiger partial charge is 0.165 e. The normalized spacial score (nSPS) is 32.4. The van der Waals surface area contributed by atoms with Gasteiger partial charge in [-0.1, -0.05) is 18.0 Å². The molecule has 2 saturated carbocycles. The monoisotopic (exact) mass is 257 g/mol. The maximum absolute atomic E-state index is 13.7. The Morgan fingerprint density at radius 3 is 2.53 bits per heavy atom. The Labute approximate surface area is 104 Å². The summed E-state index contributed by atoms with van der Waals surface area (Å²) in [6.45, 7) is 0. The van der Waals surface area contributed by atoms with Gasteiger partial charge in [0.15, 0.2) is 11.6 Å². The predicted octanol–water partition coefficient (Wildman–Crippen LogP) is 3.66. The van der Waals surface area contributed by atoms with Crippen molar-refractivity contribution in [1.29, 1.82) is 0 Å². The van der Waals surface area contributed by atoms with Gasteiger partial charge in [0.2, 0.25) is 0 Å². The molecule has 1 aromatic carbocycles. The van der Waals surface area contributed by atoms with Crippen molar-refractivity contribution in [1.82, 2.24) is 0 Å². The number of hydrogen-bond acceptors (Lipinski definition) is 1. The summed E-state index contributed by atoms with van der Waals surface area (Å²) < 4.78 is 26.9. The molecule has 3 rings (SSSR count). The van der Waals surface area contributed by atoms with E-state index in [0.29, 0.717) is 11.8 Å². The molecule has 3 atom stereocenters. The van der Waals surface area contributed by atoms with Crippen LogP contribution in [-0.4, -0.2) is 0 Å². The van der Waals surface area contributed by atoms with Gasteiger partial charge in [-0.2, -0.15) is 0 Å². The van der Waals surface area contributed by atoms with E-state index in [1.54, 1.807) is 0 Å². The van der Waals surface area contributed by atoms with Gasteiger partial charge in [-0.25, -0.2) is 8.78 Å². The summed E-state index contributed by atoms with van der Waals surface area (Å²) in [6.07, 6.45) is 3.56. The molecule has 1 nitrogen and oxygen atoms in total. The highest BCUT2D eigenvalue weighted by atomic mass is 35.5. The Balaban J connectivity index is 1.91. The summed E-state index contributed by atoms with van der Waals surface area (Å²) in [7, 11) is 0. The first-order valence-corrected chi connectivity index (χ1v) is 6.38. The molecule has 92 valence electrons. The third-order valence-electron chi connectivity index (χ3n) is 4.30. The highest BCUT2D eigenvalue weighted by Gasteiger charge is 2.55. The van der Waals surface area contributed by atoms with Gasteiger partial charge in [-0.05, 0) is 42.7 Å². The average Bonchev–Trinajstić information content (AvgIpc) is 2.78. The second-order valence-electron chi connectivity index (χ2n) is 5.12. The number of halogens is 3. The Bertz CT molecular complexity index is 453. The molecule has 17 heavy (non-hydrogen) atoms. The fourth-order valence-corrected chi connectivity index (χ4v) is 3.72. The van der Waals surface area contributed by atoms with Crippen LogP contribution >= 0.6 is 11.6 Å².